The second kappa shape index (κ2) is 6.90. The Balaban J connectivity index is 1.79. The molecule has 0 aromatic rings. The number of hydrogen-bond donors (Lipinski definition) is 2. The summed E-state index contributed by atoms with van der Waals surface area (Å²) >= 11 is 0. The lowest BCUT2D eigenvalue weighted by Crippen LogP contribution is -2.49. The van der Waals surface area contributed by atoms with Crippen LogP contribution in [0.25, 0.3) is 0 Å². The van der Waals surface area contributed by atoms with Crippen LogP contribution >= 0.6 is 0 Å². The van der Waals surface area contributed by atoms with Crippen molar-refractivity contribution in [1.29, 1.82) is 0 Å². The van der Waals surface area contributed by atoms with E-state index in [1.54, 1.807) is 11.9 Å². The zero-order chi connectivity index (χ0) is 14.5. The van der Waals surface area contributed by atoms with Crippen LogP contribution in [0.5, 0.6) is 0 Å². The lowest BCUT2D eigenvalue weighted by molar-refractivity contribution is -0.142. The van der Waals surface area contributed by atoms with Crippen LogP contribution in [0.2, 0.25) is 0 Å². The van der Waals surface area contributed by atoms with E-state index in [9.17, 15) is 9.59 Å². The maximum absolute atomic E-state index is 12.1. The molecule has 2 rings (SSSR count). The minimum Gasteiger partial charge on any atom is -0.481 e. The summed E-state index contributed by atoms with van der Waals surface area (Å²) in [7, 11) is 1.69. The zero-order valence-electron chi connectivity index (χ0n) is 11.7. The summed E-state index contributed by atoms with van der Waals surface area (Å²) < 4.78 is 10.7. The molecule has 0 aromatic heterocycles. The van der Waals surface area contributed by atoms with Crippen LogP contribution in [0.3, 0.4) is 0 Å². The molecule has 7 heteroatoms. The van der Waals surface area contributed by atoms with Crippen LogP contribution in [0, 0.1) is 5.92 Å². The number of urea groups is 1. The summed E-state index contributed by atoms with van der Waals surface area (Å²) in [4.78, 5) is 24.6. The summed E-state index contributed by atoms with van der Waals surface area (Å²) in [6.07, 6.45) is 3.24. The number of amides is 2. The first-order chi connectivity index (χ1) is 9.58. The molecule has 2 fully saturated rings. The molecule has 0 radical (unpaired) electrons. The first kappa shape index (κ1) is 15.1. The molecule has 2 aliphatic heterocycles. The highest BCUT2D eigenvalue weighted by Crippen LogP contribution is 2.15. The van der Waals surface area contributed by atoms with Crippen molar-refractivity contribution in [3.63, 3.8) is 0 Å². The molecular formula is C13H22N2O5. The van der Waals surface area contributed by atoms with Crippen LogP contribution in [0.15, 0.2) is 0 Å². The van der Waals surface area contributed by atoms with Crippen molar-refractivity contribution < 1.29 is 24.2 Å². The molecule has 20 heavy (non-hydrogen) atoms. The molecule has 0 saturated carbocycles. The van der Waals surface area contributed by atoms with Gasteiger partial charge in [0.15, 0.2) is 0 Å². The maximum Gasteiger partial charge on any atom is 0.317 e. The second-order valence-corrected chi connectivity index (χ2v) is 5.41. The van der Waals surface area contributed by atoms with Crippen molar-refractivity contribution in [1.82, 2.24) is 10.2 Å². The number of nitrogens with one attached hydrogen (secondary N) is 1. The van der Waals surface area contributed by atoms with Crippen molar-refractivity contribution in [3.05, 3.63) is 0 Å². The number of aliphatic carboxylic acids is 1. The Bertz CT molecular complexity index is 357. The number of carbonyl (C=O) groups is 2. The molecule has 2 heterocycles. The number of hydrogen-bond acceptors (Lipinski definition) is 4. The van der Waals surface area contributed by atoms with Gasteiger partial charge in [-0.15, -0.1) is 0 Å². The van der Waals surface area contributed by atoms with Gasteiger partial charge in [-0.3, -0.25) is 4.79 Å². The molecule has 2 aliphatic rings. The van der Waals surface area contributed by atoms with Gasteiger partial charge in [-0.05, 0) is 19.3 Å². The molecule has 7 nitrogen and oxygen atoms in total. The molecule has 2 N–H and O–H groups in total. The second-order valence-electron chi connectivity index (χ2n) is 5.41. The number of rotatable bonds is 4. The lowest BCUT2D eigenvalue weighted by atomic mass is 10.0. The first-order valence-corrected chi connectivity index (χ1v) is 7.01. The molecule has 2 saturated heterocycles. The molecule has 0 spiro atoms. The Morgan fingerprint density at radius 1 is 1.35 bits per heavy atom. The number of carboxylic acids is 1. The predicted molar refractivity (Wildman–Crippen MR) is 70.5 cm³/mol. The highest BCUT2D eigenvalue weighted by molar-refractivity contribution is 5.77. The van der Waals surface area contributed by atoms with Crippen LogP contribution < -0.4 is 5.32 Å². The third kappa shape index (κ3) is 3.83. The Kier molecular flexibility index (Phi) is 5.19. The summed E-state index contributed by atoms with van der Waals surface area (Å²) in [6.45, 7) is 1.67. The van der Waals surface area contributed by atoms with E-state index < -0.39 is 17.9 Å². The number of ether oxygens (including phenoxy) is 2. The van der Waals surface area contributed by atoms with Gasteiger partial charge in [-0.1, -0.05) is 0 Å². The van der Waals surface area contributed by atoms with Gasteiger partial charge in [0.25, 0.3) is 0 Å². The van der Waals surface area contributed by atoms with E-state index in [0.717, 1.165) is 25.9 Å². The summed E-state index contributed by atoms with van der Waals surface area (Å²) in [5, 5.41) is 11.8. The Labute approximate surface area is 118 Å². The van der Waals surface area contributed by atoms with Gasteiger partial charge >= 0.3 is 12.0 Å². The fraction of sp³-hybridized carbons (Fsp3) is 0.846. The van der Waals surface area contributed by atoms with Gasteiger partial charge in [-0.25, -0.2) is 4.79 Å². The van der Waals surface area contributed by atoms with E-state index in [2.05, 4.69) is 5.32 Å². The highest BCUT2D eigenvalue weighted by Gasteiger charge is 2.35. The molecule has 114 valence electrons. The maximum atomic E-state index is 12.1. The van der Waals surface area contributed by atoms with Gasteiger partial charge < -0.3 is 24.8 Å². The fourth-order valence-electron chi connectivity index (χ4n) is 2.55. The molecule has 0 aliphatic carbocycles. The van der Waals surface area contributed by atoms with Crippen molar-refractivity contribution in [2.75, 3.05) is 33.4 Å². The van der Waals surface area contributed by atoms with E-state index in [-0.39, 0.29) is 25.3 Å². The minimum atomic E-state index is -0.939. The van der Waals surface area contributed by atoms with E-state index in [4.69, 9.17) is 14.6 Å². The van der Waals surface area contributed by atoms with Gasteiger partial charge in [0.05, 0.1) is 25.4 Å². The highest BCUT2D eigenvalue weighted by atomic mass is 16.5. The third-order valence-electron chi connectivity index (χ3n) is 3.80. The van der Waals surface area contributed by atoms with Crippen molar-refractivity contribution in [2.24, 2.45) is 5.92 Å². The smallest absolute Gasteiger partial charge is 0.317 e. The van der Waals surface area contributed by atoms with E-state index in [0.29, 0.717) is 6.54 Å². The number of likely N-dealkylation sites (N-methyl/N-ethyl adjacent to an activating group) is 1. The Morgan fingerprint density at radius 3 is 2.80 bits per heavy atom. The fourth-order valence-corrected chi connectivity index (χ4v) is 2.55. The Morgan fingerprint density at radius 2 is 2.15 bits per heavy atom. The summed E-state index contributed by atoms with van der Waals surface area (Å²) in [6, 6.07) is -0.740. The zero-order valence-corrected chi connectivity index (χ0v) is 11.7. The lowest BCUT2D eigenvalue weighted by Gasteiger charge is -2.28. The van der Waals surface area contributed by atoms with Gasteiger partial charge in [0.2, 0.25) is 0 Å². The van der Waals surface area contributed by atoms with Crippen LogP contribution in [0.1, 0.15) is 19.3 Å². The van der Waals surface area contributed by atoms with Crippen LogP contribution in [-0.2, 0) is 14.3 Å². The standard InChI is InChI=1S/C13H22N2O5/c1-15(6-9-4-2-3-5-20-9)13(18)14-11-8-19-7-10(11)12(16)17/h9-11H,2-8H2,1H3,(H,14,18)(H,16,17). The largest absolute Gasteiger partial charge is 0.481 e. The van der Waals surface area contributed by atoms with Crippen molar-refractivity contribution in [3.8, 4) is 0 Å². The molecule has 3 atom stereocenters. The summed E-state index contributed by atoms with van der Waals surface area (Å²) in [5.41, 5.74) is 0. The molecule has 0 bridgehead atoms. The normalized spacial score (nSPS) is 29.9. The number of carboxylic acid groups (broad SMARTS) is 1. The van der Waals surface area contributed by atoms with E-state index in [1.807, 2.05) is 0 Å². The topological polar surface area (TPSA) is 88.1 Å². The average molecular weight is 286 g/mol. The SMILES string of the molecule is CN(CC1CCCCO1)C(=O)NC1COCC1C(=O)O. The molecule has 2 amide bonds. The molecule has 3 unspecified atom stereocenters. The first-order valence-electron chi connectivity index (χ1n) is 7.01. The van der Waals surface area contributed by atoms with Crippen molar-refractivity contribution >= 4 is 12.0 Å². The Hall–Kier alpha value is -1.34. The number of carbonyl (C=O) groups excluding carboxylic acids is 1. The quantitative estimate of drug-likeness (QED) is 0.776. The van der Waals surface area contributed by atoms with E-state index in [1.165, 1.54) is 0 Å². The number of nitrogens with zero attached hydrogens (tertiary/aromatic N) is 1. The minimum absolute atomic E-state index is 0.0783. The average Bonchev–Trinajstić information content (AvgIpc) is 2.88. The summed E-state index contributed by atoms with van der Waals surface area (Å²) in [5.74, 6) is -1.61. The molecular weight excluding hydrogens is 264 g/mol. The predicted octanol–water partition coefficient (Wildman–Crippen LogP) is 0.297. The van der Waals surface area contributed by atoms with Gasteiger partial charge in [-0.2, -0.15) is 0 Å². The van der Waals surface area contributed by atoms with Crippen LogP contribution in [0.4, 0.5) is 4.79 Å². The molecule has 0 aromatic carbocycles. The third-order valence-corrected chi connectivity index (χ3v) is 3.80. The van der Waals surface area contributed by atoms with Crippen molar-refractivity contribution in [2.45, 2.75) is 31.4 Å². The van der Waals surface area contributed by atoms with Gasteiger partial charge in [0.1, 0.15) is 5.92 Å². The van der Waals surface area contributed by atoms with E-state index >= 15 is 0 Å². The van der Waals surface area contributed by atoms with Crippen LogP contribution in [-0.4, -0.2) is 67.6 Å². The van der Waals surface area contributed by atoms with Gasteiger partial charge in [0, 0.05) is 20.2 Å². The monoisotopic (exact) mass is 286 g/mol.